The number of rotatable bonds is 12. The molecule has 0 amide bonds. The second kappa shape index (κ2) is 19.9. The van der Waals surface area contributed by atoms with Crippen LogP contribution >= 0.6 is 0 Å². The fourth-order valence-corrected chi connectivity index (χ4v) is 14.6. The van der Waals surface area contributed by atoms with Crippen molar-refractivity contribution in [2.24, 2.45) is 0 Å². The fourth-order valence-electron chi connectivity index (χ4n) is 14.6. The lowest BCUT2D eigenvalue weighted by atomic mass is 9.62. The zero-order valence-electron chi connectivity index (χ0n) is 44.2. The Hall–Kier alpha value is -10.9. The number of benzene rings is 10. The Labute approximate surface area is 472 Å². The van der Waals surface area contributed by atoms with Crippen molar-refractivity contribution in [3.8, 4) is 69.8 Å². The van der Waals surface area contributed by atoms with Crippen molar-refractivity contribution in [2.75, 3.05) is 0 Å². The van der Waals surface area contributed by atoms with Crippen LogP contribution in [0.15, 0.2) is 218 Å². The van der Waals surface area contributed by atoms with Crippen molar-refractivity contribution in [1.29, 1.82) is 31.6 Å². The summed E-state index contributed by atoms with van der Waals surface area (Å²) in [5.41, 5.74) is 20.5. The Bertz CT molecular complexity index is 3880. The molecule has 0 atom stereocenters. The van der Waals surface area contributed by atoms with Crippen LogP contribution in [-0.2, 0) is 54.8 Å². The van der Waals surface area contributed by atoms with Gasteiger partial charge in [-0.05, 0) is 211 Å². The molecule has 3 aliphatic carbocycles. The highest BCUT2D eigenvalue weighted by molar-refractivity contribution is 6.05. The average Bonchev–Trinajstić information content (AvgIpc) is 1.66. The molecule has 0 bridgehead atoms. The molecule has 378 valence electrons. The van der Waals surface area contributed by atoms with Crippen LogP contribution in [-0.4, -0.2) is 0 Å². The zero-order valence-corrected chi connectivity index (χ0v) is 44.2. The Morgan fingerprint density at radius 2 is 0.432 bits per heavy atom. The smallest absolute Gasteiger partial charge is 0.0991 e. The van der Waals surface area contributed by atoms with Crippen LogP contribution in [0.25, 0.3) is 33.4 Å². The highest BCUT2D eigenvalue weighted by Crippen LogP contribution is 2.70. The maximum absolute atomic E-state index is 10.5. The molecule has 0 N–H and O–H groups in total. The van der Waals surface area contributed by atoms with Crippen LogP contribution in [0, 0.1) is 68.0 Å². The summed E-state index contributed by atoms with van der Waals surface area (Å²) < 4.78 is 0. The van der Waals surface area contributed by atoms with E-state index in [1.54, 1.807) is 0 Å². The first kappa shape index (κ1) is 49.7. The van der Waals surface area contributed by atoms with Crippen molar-refractivity contribution in [2.45, 2.75) is 54.8 Å². The largest absolute Gasteiger partial charge is 0.192 e. The summed E-state index contributed by atoms with van der Waals surface area (Å²) in [7, 11) is 0. The van der Waals surface area contributed by atoms with E-state index in [1.807, 2.05) is 109 Å². The lowest BCUT2D eigenvalue weighted by Gasteiger charge is -2.40. The summed E-state index contributed by atoms with van der Waals surface area (Å²) in [5, 5.41) is 63.0. The SMILES string of the molecule is N#Cc1cccc(CC2(Cc3cccc(C#N)c3)c3ccccc3-c3c2c2c(c4c3C(Cc3cccc(C#N)c3)(Cc3cccc(C#N)c3)c3ccccc3-4)C(Cc3cccc(C#N)c3)(Cc3cccc(C#N)c3)c3ccccc3-2)c1. The third-order valence-corrected chi connectivity index (χ3v) is 17.4. The number of fused-ring (bicyclic) bond motifs is 12. The predicted molar refractivity (Wildman–Crippen MR) is 314 cm³/mol. The second-order valence-corrected chi connectivity index (χ2v) is 22.1. The van der Waals surface area contributed by atoms with Crippen LogP contribution in [0.5, 0.6) is 0 Å². The standard InChI is InChI=1S/C75H48N6/c76-43-55-19-7-13-49(31-55)37-73(38-50-14-8-20-56(32-50)44-77)64-28-4-1-25-61(64)67-70(73)68-63-27-3-6-30-66(63)75(41-53-17-11-23-59(35-53)47-80,42-54-18-12-24-60(36-54)48-81)72(68)69-62-26-2-5-29-65(62)74(71(67)69,39-51-15-9-21-57(33-51)45-78)40-52-16-10-22-58(34-52)46-79/h1-36H,37-42H2. The minimum absolute atomic E-state index is 0.506. The molecule has 10 aromatic rings. The Balaban J connectivity index is 1.27. The minimum Gasteiger partial charge on any atom is -0.192 e. The molecule has 0 unspecified atom stereocenters. The number of hydrogen-bond acceptors (Lipinski definition) is 6. The van der Waals surface area contributed by atoms with Gasteiger partial charge in [0.15, 0.2) is 0 Å². The topological polar surface area (TPSA) is 143 Å². The first-order valence-corrected chi connectivity index (χ1v) is 27.2. The van der Waals surface area contributed by atoms with Crippen LogP contribution in [0.4, 0.5) is 0 Å². The lowest BCUT2D eigenvalue weighted by Crippen LogP contribution is -2.36. The van der Waals surface area contributed by atoms with Gasteiger partial charge in [0.05, 0.1) is 69.8 Å². The summed E-state index contributed by atoms with van der Waals surface area (Å²) in [4.78, 5) is 0. The predicted octanol–water partition coefficient (Wildman–Crippen LogP) is 15.2. The summed E-state index contributed by atoms with van der Waals surface area (Å²) in [5.74, 6) is 0. The van der Waals surface area contributed by atoms with E-state index in [0.29, 0.717) is 71.9 Å². The third-order valence-electron chi connectivity index (χ3n) is 17.4. The molecule has 0 fully saturated rings. The monoisotopic (exact) mass is 1030 g/mol. The van der Waals surface area contributed by atoms with Gasteiger partial charge in [-0.15, -0.1) is 0 Å². The first-order chi connectivity index (χ1) is 39.7. The molecule has 0 aliphatic heterocycles. The van der Waals surface area contributed by atoms with E-state index < -0.39 is 16.2 Å². The van der Waals surface area contributed by atoms with Crippen LogP contribution in [0.1, 0.15) is 100 Å². The van der Waals surface area contributed by atoms with E-state index >= 15 is 0 Å². The van der Waals surface area contributed by atoms with Crippen molar-refractivity contribution < 1.29 is 0 Å². The quantitative estimate of drug-likeness (QED) is 0.119. The van der Waals surface area contributed by atoms with E-state index in [9.17, 15) is 31.6 Å². The van der Waals surface area contributed by atoms with Gasteiger partial charge in [-0.1, -0.05) is 146 Å². The molecule has 0 radical (unpaired) electrons. The van der Waals surface area contributed by atoms with E-state index in [-0.39, 0.29) is 0 Å². The Kier molecular flexibility index (Phi) is 12.2. The zero-order chi connectivity index (χ0) is 55.3. The van der Waals surface area contributed by atoms with Crippen molar-refractivity contribution in [1.82, 2.24) is 0 Å². The Morgan fingerprint density at radius 1 is 0.235 bits per heavy atom. The van der Waals surface area contributed by atoms with E-state index in [4.69, 9.17) is 0 Å². The van der Waals surface area contributed by atoms with Gasteiger partial charge in [0.2, 0.25) is 0 Å². The fraction of sp³-hybridized carbons (Fsp3) is 0.120. The average molecular weight is 1030 g/mol. The van der Waals surface area contributed by atoms with Gasteiger partial charge >= 0.3 is 0 Å². The van der Waals surface area contributed by atoms with Gasteiger partial charge in [-0.25, -0.2) is 0 Å². The molecule has 0 saturated carbocycles. The summed E-state index contributed by atoms with van der Waals surface area (Å²) >= 11 is 0. The molecule has 6 heteroatoms. The lowest BCUT2D eigenvalue weighted by molar-refractivity contribution is 0.501. The van der Waals surface area contributed by atoms with Crippen LogP contribution in [0.2, 0.25) is 0 Å². The molecule has 6 nitrogen and oxygen atoms in total. The van der Waals surface area contributed by atoms with E-state index in [1.165, 1.54) is 16.7 Å². The molecule has 81 heavy (non-hydrogen) atoms. The second-order valence-electron chi connectivity index (χ2n) is 22.1. The molecule has 13 rings (SSSR count). The van der Waals surface area contributed by atoms with Gasteiger partial charge < -0.3 is 0 Å². The molecule has 10 aromatic carbocycles. The Morgan fingerprint density at radius 3 is 0.630 bits per heavy atom. The minimum atomic E-state index is -0.834. The highest BCUT2D eigenvalue weighted by Gasteiger charge is 2.58. The van der Waals surface area contributed by atoms with Crippen molar-refractivity contribution in [3.05, 3.63) is 319 Å². The maximum Gasteiger partial charge on any atom is 0.0991 e. The van der Waals surface area contributed by atoms with Gasteiger partial charge in [0.25, 0.3) is 0 Å². The van der Waals surface area contributed by atoms with Crippen molar-refractivity contribution in [3.63, 3.8) is 0 Å². The highest BCUT2D eigenvalue weighted by atomic mass is 14.6. The van der Waals surface area contributed by atoms with Crippen molar-refractivity contribution >= 4 is 0 Å². The number of hydrogen-bond donors (Lipinski definition) is 0. The molecule has 0 aromatic heterocycles. The first-order valence-electron chi connectivity index (χ1n) is 27.2. The molecule has 0 heterocycles. The van der Waals surface area contributed by atoms with Gasteiger partial charge in [-0.2, -0.15) is 31.6 Å². The summed E-state index contributed by atoms with van der Waals surface area (Å²) in [6.07, 6.45) is 3.04. The molecule has 0 saturated heterocycles. The van der Waals surface area contributed by atoms with E-state index in [2.05, 4.69) is 146 Å². The van der Waals surface area contributed by atoms with Gasteiger partial charge in [0.1, 0.15) is 0 Å². The molecule has 0 spiro atoms. The van der Waals surface area contributed by atoms with Gasteiger partial charge in [0, 0.05) is 16.2 Å². The summed E-state index contributed by atoms with van der Waals surface area (Å²) in [6.45, 7) is 0. The number of nitriles is 6. The van der Waals surface area contributed by atoms with Gasteiger partial charge in [-0.3, -0.25) is 0 Å². The van der Waals surface area contributed by atoms with Crippen LogP contribution < -0.4 is 0 Å². The summed E-state index contributed by atoms with van der Waals surface area (Å²) in [6, 6.07) is 89.2. The van der Waals surface area contributed by atoms with Crippen LogP contribution in [0.3, 0.4) is 0 Å². The molecular weight excluding hydrogens is 985 g/mol. The normalized spacial score (nSPS) is 13.7. The van der Waals surface area contributed by atoms with E-state index in [0.717, 1.165) is 83.5 Å². The molecule has 3 aliphatic rings. The maximum atomic E-state index is 10.5. The molecular formula is C75H48N6. The third kappa shape index (κ3) is 8.10. The number of nitrogens with zero attached hydrogens (tertiary/aromatic N) is 6.